The van der Waals surface area contributed by atoms with Crippen LogP contribution in [0.1, 0.15) is 34.1 Å². The molecule has 0 radical (unpaired) electrons. The Hall–Kier alpha value is -1.32. The number of likely N-dealkylation sites (tertiary alicyclic amines) is 1. The molecule has 0 N–H and O–H groups in total. The number of amides is 1. The van der Waals surface area contributed by atoms with E-state index in [1.807, 2.05) is 17.5 Å². The number of thiophene rings is 1. The summed E-state index contributed by atoms with van der Waals surface area (Å²) < 4.78 is 27.6. The van der Waals surface area contributed by atoms with Crippen molar-refractivity contribution >= 4 is 38.6 Å². The van der Waals surface area contributed by atoms with Gasteiger partial charge >= 0.3 is 0 Å². The van der Waals surface area contributed by atoms with E-state index in [4.69, 9.17) is 0 Å². The number of hydrogen-bond acceptors (Lipinski definition) is 7. The molecule has 118 valence electrons. The summed E-state index contributed by atoms with van der Waals surface area (Å²) in [5.41, 5.74) is 0.510. The summed E-state index contributed by atoms with van der Waals surface area (Å²) in [5, 5.41) is 5.89. The first-order valence-electron chi connectivity index (χ1n) is 6.82. The van der Waals surface area contributed by atoms with Gasteiger partial charge in [-0.25, -0.2) is 8.42 Å². The molecule has 6 nitrogen and oxygen atoms in total. The fraction of sp³-hybridized carbons (Fsp3) is 0.462. The lowest BCUT2D eigenvalue weighted by Crippen LogP contribution is -2.39. The highest BCUT2D eigenvalue weighted by Crippen LogP contribution is 2.32. The van der Waals surface area contributed by atoms with E-state index in [2.05, 4.69) is 9.59 Å². The second-order valence-corrected chi connectivity index (χ2v) is 9.20. The topological polar surface area (TPSA) is 80.2 Å². The Morgan fingerprint density at radius 1 is 1.45 bits per heavy atom. The zero-order valence-electron chi connectivity index (χ0n) is 11.9. The molecule has 3 rings (SSSR count). The third kappa shape index (κ3) is 3.06. The first-order valence-corrected chi connectivity index (χ1v) is 10.4. The number of carbonyl (C=O) groups excluding carboxylic acids is 1. The van der Waals surface area contributed by atoms with Crippen LogP contribution in [0.2, 0.25) is 0 Å². The van der Waals surface area contributed by atoms with E-state index < -0.39 is 9.84 Å². The van der Waals surface area contributed by atoms with E-state index in [9.17, 15) is 13.2 Å². The Labute approximate surface area is 136 Å². The smallest absolute Gasteiger partial charge is 0.263 e. The summed E-state index contributed by atoms with van der Waals surface area (Å²) in [4.78, 5) is 14.9. The Kier molecular flexibility index (Phi) is 4.28. The molecule has 2 aromatic heterocycles. The molecule has 1 aliphatic rings. The summed E-state index contributed by atoms with van der Waals surface area (Å²) >= 11 is 2.32. The largest absolute Gasteiger partial charge is 0.337 e. The van der Waals surface area contributed by atoms with Crippen molar-refractivity contribution in [3.05, 3.63) is 28.1 Å². The third-order valence-corrected chi connectivity index (χ3v) is 7.06. The molecule has 1 fully saturated rings. The number of piperidine rings is 1. The molecule has 9 heteroatoms. The highest BCUT2D eigenvalue weighted by molar-refractivity contribution is 7.92. The van der Waals surface area contributed by atoms with E-state index in [1.54, 1.807) is 4.90 Å². The van der Waals surface area contributed by atoms with Gasteiger partial charge in [0.05, 0.1) is 10.6 Å². The van der Waals surface area contributed by atoms with Gasteiger partial charge in [-0.1, -0.05) is 10.6 Å². The van der Waals surface area contributed by atoms with Crippen LogP contribution < -0.4 is 0 Å². The summed E-state index contributed by atoms with van der Waals surface area (Å²) in [6.07, 6.45) is 2.83. The Morgan fingerprint density at radius 2 is 2.27 bits per heavy atom. The molecule has 3 heterocycles. The average molecular weight is 357 g/mol. The van der Waals surface area contributed by atoms with Crippen LogP contribution in [0.3, 0.4) is 0 Å². The maximum atomic E-state index is 12.4. The third-order valence-electron chi connectivity index (χ3n) is 3.65. The van der Waals surface area contributed by atoms with Crippen LogP contribution in [0.5, 0.6) is 0 Å². The van der Waals surface area contributed by atoms with Gasteiger partial charge in [-0.15, -0.1) is 16.4 Å². The fourth-order valence-electron chi connectivity index (χ4n) is 2.64. The standard InChI is InChI=1S/C13H15N3O3S3/c1-22(18,19)13-11(14-15-21-13)9-4-2-6-16(8-9)12(17)10-5-3-7-20-10/h3,5,7,9H,2,4,6,8H2,1H3. The monoisotopic (exact) mass is 357 g/mol. The molecule has 0 spiro atoms. The number of aromatic nitrogens is 2. The van der Waals surface area contributed by atoms with Gasteiger partial charge < -0.3 is 4.90 Å². The predicted molar refractivity (Wildman–Crippen MR) is 85.2 cm³/mol. The van der Waals surface area contributed by atoms with Crippen molar-refractivity contribution in [1.82, 2.24) is 14.5 Å². The molecule has 0 aromatic carbocycles. The summed E-state index contributed by atoms with van der Waals surface area (Å²) in [6.45, 7) is 1.18. The van der Waals surface area contributed by atoms with E-state index >= 15 is 0 Å². The fourth-order valence-corrected chi connectivity index (χ4v) is 5.06. The average Bonchev–Trinajstić information content (AvgIpc) is 3.17. The van der Waals surface area contributed by atoms with Gasteiger partial charge in [0.15, 0.2) is 14.0 Å². The van der Waals surface area contributed by atoms with Crippen LogP contribution in [0.25, 0.3) is 0 Å². The van der Waals surface area contributed by atoms with Crippen molar-refractivity contribution < 1.29 is 13.2 Å². The first kappa shape index (κ1) is 15.6. The van der Waals surface area contributed by atoms with Crippen molar-refractivity contribution in [3.63, 3.8) is 0 Å². The van der Waals surface area contributed by atoms with Crippen LogP contribution in [-0.2, 0) is 9.84 Å². The van der Waals surface area contributed by atoms with Crippen LogP contribution in [0, 0.1) is 0 Å². The van der Waals surface area contributed by atoms with E-state index in [0.717, 1.165) is 24.4 Å². The maximum Gasteiger partial charge on any atom is 0.263 e. The molecule has 1 aliphatic heterocycles. The van der Waals surface area contributed by atoms with Crippen molar-refractivity contribution in [2.75, 3.05) is 19.3 Å². The predicted octanol–water partition coefficient (Wildman–Crippen LogP) is 2.02. The summed E-state index contributed by atoms with van der Waals surface area (Å²) in [5.74, 6) is -0.0649. The SMILES string of the molecule is CS(=O)(=O)c1snnc1C1CCCN(C(=O)c2cccs2)C1. The summed E-state index contributed by atoms with van der Waals surface area (Å²) in [6, 6.07) is 3.66. The van der Waals surface area contributed by atoms with Crippen molar-refractivity contribution in [2.45, 2.75) is 23.0 Å². The van der Waals surface area contributed by atoms with Gasteiger partial charge in [0.2, 0.25) is 0 Å². The zero-order chi connectivity index (χ0) is 15.7. The minimum absolute atomic E-state index is 0.00351. The molecule has 0 aliphatic carbocycles. The number of rotatable bonds is 3. The lowest BCUT2D eigenvalue weighted by atomic mass is 9.95. The van der Waals surface area contributed by atoms with Gasteiger partial charge in [0, 0.05) is 36.8 Å². The quantitative estimate of drug-likeness (QED) is 0.839. The molecule has 1 saturated heterocycles. The number of carbonyl (C=O) groups is 1. The van der Waals surface area contributed by atoms with Gasteiger partial charge in [-0.3, -0.25) is 4.79 Å². The second kappa shape index (κ2) is 6.05. The molecular weight excluding hydrogens is 342 g/mol. The molecule has 1 unspecified atom stereocenters. The molecule has 22 heavy (non-hydrogen) atoms. The van der Waals surface area contributed by atoms with Gasteiger partial charge in [0.25, 0.3) is 5.91 Å². The Morgan fingerprint density at radius 3 is 2.95 bits per heavy atom. The highest BCUT2D eigenvalue weighted by Gasteiger charge is 2.31. The number of nitrogens with zero attached hydrogens (tertiary/aromatic N) is 3. The zero-order valence-corrected chi connectivity index (χ0v) is 14.4. The maximum absolute atomic E-state index is 12.4. The van der Waals surface area contributed by atoms with E-state index in [1.165, 1.54) is 17.6 Å². The van der Waals surface area contributed by atoms with E-state index in [-0.39, 0.29) is 16.0 Å². The molecule has 2 aromatic rings. The van der Waals surface area contributed by atoms with Gasteiger partial charge in [-0.05, 0) is 24.3 Å². The number of hydrogen-bond donors (Lipinski definition) is 0. The van der Waals surface area contributed by atoms with Gasteiger partial charge in [0.1, 0.15) is 0 Å². The molecule has 1 amide bonds. The summed E-state index contributed by atoms with van der Waals surface area (Å²) in [7, 11) is -3.33. The van der Waals surface area contributed by atoms with Crippen molar-refractivity contribution in [2.24, 2.45) is 0 Å². The minimum atomic E-state index is -3.33. The van der Waals surface area contributed by atoms with Crippen LogP contribution in [0.15, 0.2) is 21.7 Å². The van der Waals surface area contributed by atoms with Gasteiger partial charge in [-0.2, -0.15) is 0 Å². The molecular formula is C13H15N3O3S3. The lowest BCUT2D eigenvalue weighted by Gasteiger charge is -2.31. The van der Waals surface area contributed by atoms with Crippen LogP contribution in [-0.4, -0.2) is 48.2 Å². The van der Waals surface area contributed by atoms with Crippen LogP contribution in [0.4, 0.5) is 0 Å². The van der Waals surface area contributed by atoms with Crippen molar-refractivity contribution in [1.29, 1.82) is 0 Å². The normalized spacial score (nSPS) is 19.3. The Balaban J connectivity index is 1.82. The second-order valence-electron chi connectivity index (χ2n) is 5.29. The van der Waals surface area contributed by atoms with Crippen molar-refractivity contribution in [3.8, 4) is 0 Å². The highest BCUT2D eigenvalue weighted by atomic mass is 32.2. The minimum Gasteiger partial charge on any atom is -0.337 e. The Bertz CT molecular complexity index is 768. The molecule has 0 bridgehead atoms. The number of sulfone groups is 1. The first-order chi connectivity index (χ1) is 10.5. The van der Waals surface area contributed by atoms with E-state index in [0.29, 0.717) is 23.7 Å². The lowest BCUT2D eigenvalue weighted by molar-refractivity contribution is 0.0710. The van der Waals surface area contributed by atoms with Crippen LogP contribution >= 0.6 is 22.9 Å². The molecule has 1 atom stereocenters. The molecule has 0 saturated carbocycles.